The number of aromatic nitrogens is 2. The second-order valence-electron chi connectivity index (χ2n) is 4.09. The number of nitrogens with zero attached hydrogens (tertiary/aromatic N) is 2. The van der Waals surface area contributed by atoms with E-state index in [-0.39, 0.29) is 5.91 Å². The van der Waals surface area contributed by atoms with E-state index in [0.29, 0.717) is 17.4 Å². The molecule has 1 amide bonds. The number of carbonyl (C=O) groups is 1. The molecule has 0 atom stereocenters. The lowest BCUT2D eigenvalue weighted by molar-refractivity contribution is -0.116. The van der Waals surface area contributed by atoms with Gasteiger partial charge in [0.2, 0.25) is 11.0 Å². The Labute approximate surface area is 110 Å². The van der Waals surface area contributed by atoms with Crippen molar-refractivity contribution in [1.29, 1.82) is 0 Å². The zero-order valence-corrected chi connectivity index (χ0v) is 11.3. The van der Waals surface area contributed by atoms with Gasteiger partial charge in [-0.15, -0.1) is 0 Å². The Bertz CT molecular complexity index is 533. The average Bonchev–Trinajstić information content (AvgIpc) is 2.78. The largest absolute Gasteiger partial charge is 0.301 e. The lowest BCUT2D eigenvalue weighted by atomic mass is 10.1. The lowest BCUT2D eigenvalue weighted by Crippen LogP contribution is -2.10. The van der Waals surface area contributed by atoms with Crippen molar-refractivity contribution in [2.45, 2.75) is 26.7 Å². The number of aryl methyl sites for hydroxylation is 1. The summed E-state index contributed by atoms with van der Waals surface area (Å²) in [5, 5.41) is 3.31. The van der Waals surface area contributed by atoms with Crippen molar-refractivity contribution < 1.29 is 4.79 Å². The van der Waals surface area contributed by atoms with E-state index in [4.69, 9.17) is 0 Å². The first-order valence-corrected chi connectivity index (χ1v) is 6.67. The second kappa shape index (κ2) is 5.73. The van der Waals surface area contributed by atoms with Crippen LogP contribution in [0, 0.1) is 6.92 Å². The molecule has 0 fully saturated rings. The van der Waals surface area contributed by atoms with Gasteiger partial charge in [-0.2, -0.15) is 9.36 Å². The number of carbonyl (C=O) groups excluding carboxylic acids is 1. The Kier molecular flexibility index (Phi) is 4.04. The average molecular weight is 261 g/mol. The third-order valence-electron chi connectivity index (χ3n) is 2.46. The van der Waals surface area contributed by atoms with Crippen molar-refractivity contribution in [3.63, 3.8) is 0 Å². The number of anilines is 1. The van der Waals surface area contributed by atoms with Crippen molar-refractivity contribution >= 4 is 22.6 Å². The van der Waals surface area contributed by atoms with Crippen molar-refractivity contribution in [2.24, 2.45) is 0 Å². The van der Waals surface area contributed by atoms with Gasteiger partial charge in [0.25, 0.3) is 0 Å². The van der Waals surface area contributed by atoms with E-state index in [2.05, 4.69) is 14.7 Å². The van der Waals surface area contributed by atoms with Crippen LogP contribution >= 0.6 is 11.5 Å². The molecule has 0 radical (unpaired) electrons. The second-order valence-corrected chi connectivity index (χ2v) is 4.84. The molecule has 5 heteroatoms. The fourth-order valence-corrected chi connectivity index (χ4v) is 2.11. The number of rotatable bonds is 4. The third kappa shape index (κ3) is 3.13. The molecule has 1 heterocycles. The molecule has 1 N–H and O–H groups in total. The summed E-state index contributed by atoms with van der Waals surface area (Å²) < 4.78 is 4.25. The van der Waals surface area contributed by atoms with E-state index in [1.54, 1.807) is 0 Å². The predicted octanol–water partition coefficient (Wildman–Crippen LogP) is 3.25. The van der Waals surface area contributed by atoms with Gasteiger partial charge < -0.3 is 5.32 Å². The maximum Gasteiger partial charge on any atom is 0.226 e. The zero-order valence-electron chi connectivity index (χ0n) is 10.4. The SMILES string of the molecule is CCCC(=O)Nc1nc(-c2ccc(C)cc2)ns1. The molecule has 0 unspecified atom stereocenters. The lowest BCUT2D eigenvalue weighted by Gasteiger charge is -1.98. The summed E-state index contributed by atoms with van der Waals surface area (Å²) >= 11 is 1.21. The van der Waals surface area contributed by atoms with E-state index in [1.165, 1.54) is 17.1 Å². The maximum atomic E-state index is 11.4. The Balaban J connectivity index is 2.10. The van der Waals surface area contributed by atoms with Crippen LogP contribution < -0.4 is 5.32 Å². The number of benzene rings is 1. The normalized spacial score (nSPS) is 10.3. The van der Waals surface area contributed by atoms with E-state index in [9.17, 15) is 4.79 Å². The quantitative estimate of drug-likeness (QED) is 0.919. The van der Waals surface area contributed by atoms with Gasteiger partial charge in [0.05, 0.1) is 0 Å². The molecule has 0 saturated heterocycles. The first kappa shape index (κ1) is 12.7. The highest BCUT2D eigenvalue weighted by Gasteiger charge is 2.08. The van der Waals surface area contributed by atoms with E-state index < -0.39 is 0 Å². The molecule has 2 rings (SSSR count). The first-order chi connectivity index (χ1) is 8.69. The molecule has 1 aromatic heterocycles. The molecular formula is C13H15N3OS. The van der Waals surface area contributed by atoms with Crippen LogP contribution in [-0.2, 0) is 4.79 Å². The summed E-state index contributed by atoms with van der Waals surface area (Å²) in [4.78, 5) is 15.7. The zero-order chi connectivity index (χ0) is 13.0. The van der Waals surface area contributed by atoms with Crippen molar-refractivity contribution in [3.8, 4) is 11.4 Å². The summed E-state index contributed by atoms with van der Waals surface area (Å²) in [6.45, 7) is 4.01. The van der Waals surface area contributed by atoms with Gasteiger partial charge in [0.1, 0.15) is 0 Å². The monoisotopic (exact) mass is 261 g/mol. The molecule has 0 aliphatic rings. The van der Waals surface area contributed by atoms with Crippen molar-refractivity contribution in [3.05, 3.63) is 29.8 Å². The summed E-state index contributed by atoms with van der Waals surface area (Å²) in [6.07, 6.45) is 1.34. The minimum atomic E-state index is -0.0101. The highest BCUT2D eigenvalue weighted by atomic mass is 32.1. The molecule has 0 bridgehead atoms. The molecule has 0 aliphatic heterocycles. The number of hydrogen-bond acceptors (Lipinski definition) is 4. The fraction of sp³-hybridized carbons (Fsp3) is 0.308. The Morgan fingerprint density at radius 2 is 2.06 bits per heavy atom. The van der Waals surface area contributed by atoms with Crippen LogP contribution in [0.5, 0.6) is 0 Å². The van der Waals surface area contributed by atoms with Crippen molar-refractivity contribution in [2.75, 3.05) is 5.32 Å². The molecule has 4 nitrogen and oxygen atoms in total. The van der Waals surface area contributed by atoms with Crippen LogP contribution in [0.2, 0.25) is 0 Å². The van der Waals surface area contributed by atoms with Crippen molar-refractivity contribution in [1.82, 2.24) is 9.36 Å². The smallest absolute Gasteiger partial charge is 0.226 e. The van der Waals surface area contributed by atoms with Crippen LogP contribution in [0.1, 0.15) is 25.3 Å². The molecule has 0 spiro atoms. The number of amides is 1. The molecular weight excluding hydrogens is 246 g/mol. The summed E-state index contributed by atoms with van der Waals surface area (Å²) in [7, 11) is 0. The van der Waals surface area contributed by atoms with Gasteiger partial charge in [0.15, 0.2) is 5.82 Å². The van der Waals surface area contributed by atoms with Crippen LogP contribution in [0.25, 0.3) is 11.4 Å². The highest BCUT2D eigenvalue weighted by molar-refractivity contribution is 7.10. The topological polar surface area (TPSA) is 54.9 Å². The van der Waals surface area contributed by atoms with E-state index in [0.717, 1.165) is 12.0 Å². The van der Waals surface area contributed by atoms with Gasteiger partial charge in [-0.3, -0.25) is 4.79 Å². The van der Waals surface area contributed by atoms with Gasteiger partial charge >= 0.3 is 0 Å². The molecule has 1 aromatic carbocycles. The molecule has 2 aromatic rings. The van der Waals surface area contributed by atoms with Crippen LogP contribution in [0.15, 0.2) is 24.3 Å². The minimum absolute atomic E-state index is 0.0101. The predicted molar refractivity (Wildman–Crippen MR) is 73.6 cm³/mol. The van der Waals surface area contributed by atoms with E-state index in [1.807, 2.05) is 38.1 Å². The minimum Gasteiger partial charge on any atom is -0.301 e. The van der Waals surface area contributed by atoms with Crippen LogP contribution in [0.3, 0.4) is 0 Å². The Morgan fingerprint density at radius 3 is 2.72 bits per heavy atom. The molecule has 0 aliphatic carbocycles. The first-order valence-electron chi connectivity index (χ1n) is 5.89. The molecule has 18 heavy (non-hydrogen) atoms. The third-order valence-corrected chi connectivity index (χ3v) is 3.09. The standard InChI is InChI=1S/C13H15N3OS/c1-3-4-11(17)14-13-15-12(16-18-13)10-7-5-9(2)6-8-10/h5-8H,3-4H2,1-2H3,(H,14,15,16,17). The maximum absolute atomic E-state index is 11.4. The van der Waals surface area contributed by atoms with Gasteiger partial charge in [-0.25, -0.2) is 0 Å². The summed E-state index contributed by atoms with van der Waals surface area (Å²) in [6, 6.07) is 8.00. The Hall–Kier alpha value is -1.75. The highest BCUT2D eigenvalue weighted by Crippen LogP contribution is 2.21. The number of hydrogen-bond donors (Lipinski definition) is 1. The molecule has 0 saturated carbocycles. The van der Waals surface area contributed by atoms with Crippen LogP contribution in [-0.4, -0.2) is 15.3 Å². The van der Waals surface area contributed by atoms with Gasteiger partial charge in [-0.1, -0.05) is 36.8 Å². The fourth-order valence-electron chi connectivity index (χ4n) is 1.50. The summed E-state index contributed by atoms with van der Waals surface area (Å²) in [5.41, 5.74) is 2.17. The van der Waals surface area contributed by atoms with Gasteiger partial charge in [-0.05, 0) is 13.3 Å². The molecule has 94 valence electrons. The van der Waals surface area contributed by atoms with Gasteiger partial charge in [0, 0.05) is 23.5 Å². The Morgan fingerprint density at radius 1 is 1.33 bits per heavy atom. The van der Waals surface area contributed by atoms with Crippen LogP contribution in [0.4, 0.5) is 5.13 Å². The summed E-state index contributed by atoms with van der Waals surface area (Å²) in [5.74, 6) is 0.649. The number of nitrogens with one attached hydrogen (secondary N) is 1. The van der Waals surface area contributed by atoms with E-state index >= 15 is 0 Å².